The van der Waals surface area contributed by atoms with Crippen molar-refractivity contribution in [3.8, 4) is 5.75 Å². The smallest absolute Gasteiger partial charge is 0.122 e. The highest BCUT2D eigenvalue weighted by Crippen LogP contribution is 2.30. The monoisotopic (exact) mass is 249 g/mol. The fourth-order valence-electron chi connectivity index (χ4n) is 2.07. The number of nitrogens with one attached hydrogen (secondary N) is 1. The summed E-state index contributed by atoms with van der Waals surface area (Å²) in [5, 5.41) is 3.55. The Morgan fingerprint density at radius 2 is 1.94 bits per heavy atom. The van der Waals surface area contributed by atoms with Crippen molar-refractivity contribution in [1.29, 1.82) is 0 Å². The molecule has 0 aromatic heterocycles. The van der Waals surface area contributed by atoms with Gasteiger partial charge in [0.1, 0.15) is 5.75 Å². The zero-order valence-electron chi connectivity index (χ0n) is 12.4. The molecule has 1 atom stereocenters. The molecule has 0 saturated heterocycles. The lowest BCUT2D eigenvalue weighted by molar-refractivity contribution is 0.277. The zero-order chi connectivity index (χ0) is 13.6. The molecule has 0 fully saturated rings. The molecule has 18 heavy (non-hydrogen) atoms. The van der Waals surface area contributed by atoms with Gasteiger partial charge in [-0.25, -0.2) is 0 Å². The molecule has 102 valence electrons. The van der Waals surface area contributed by atoms with E-state index in [1.165, 1.54) is 5.56 Å². The maximum atomic E-state index is 5.44. The fraction of sp³-hybridized carbons (Fsp3) is 0.625. The lowest BCUT2D eigenvalue weighted by Gasteiger charge is -2.30. The number of hydrogen-bond acceptors (Lipinski definition) is 2. The molecule has 1 N–H and O–H groups in total. The standard InChI is InChI=1S/C16H27NO/c1-6-16(4,12-17-13(2)3)11-14-9-7-8-10-15(14)18-5/h7-10,13,17H,6,11-12H2,1-5H3. The summed E-state index contributed by atoms with van der Waals surface area (Å²) in [5.41, 5.74) is 1.58. The minimum absolute atomic E-state index is 0.277. The van der Waals surface area contributed by atoms with E-state index >= 15 is 0 Å². The number of ether oxygens (including phenoxy) is 1. The third-order valence-electron chi connectivity index (χ3n) is 3.60. The number of para-hydroxylation sites is 1. The quantitative estimate of drug-likeness (QED) is 0.796. The highest BCUT2D eigenvalue weighted by atomic mass is 16.5. The van der Waals surface area contributed by atoms with E-state index in [9.17, 15) is 0 Å². The van der Waals surface area contributed by atoms with Crippen molar-refractivity contribution in [3.05, 3.63) is 29.8 Å². The van der Waals surface area contributed by atoms with E-state index < -0.39 is 0 Å². The van der Waals surface area contributed by atoms with Gasteiger partial charge < -0.3 is 10.1 Å². The second kappa shape index (κ2) is 6.79. The van der Waals surface area contributed by atoms with Gasteiger partial charge in [0.05, 0.1) is 7.11 Å². The molecule has 0 amide bonds. The van der Waals surface area contributed by atoms with E-state index in [0.717, 1.165) is 25.1 Å². The Morgan fingerprint density at radius 1 is 1.28 bits per heavy atom. The molecule has 0 aliphatic rings. The van der Waals surface area contributed by atoms with Crippen LogP contribution in [0.15, 0.2) is 24.3 Å². The van der Waals surface area contributed by atoms with Gasteiger partial charge in [-0.15, -0.1) is 0 Å². The molecule has 1 unspecified atom stereocenters. The summed E-state index contributed by atoms with van der Waals surface area (Å²) in [6.07, 6.45) is 2.21. The molecular formula is C16H27NO. The minimum Gasteiger partial charge on any atom is -0.496 e. The molecule has 0 aliphatic heterocycles. The Kier molecular flexibility index (Phi) is 5.67. The van der Waals surface area contributed by atoms with E-state index in [2.05, 4.69) is 45.1 Å². The summed E-state index contributed by atoms with van der Waals surface area (Å²) >= 11 is 0. The lowest BCUT2D eigenvalue weighted by Crippen LogP contribution is -2.36. The van der Waals surface area contributed by atoms with E-state index in [-0.39, 0.29) is 5.41 Å². The van der Waals surface area contributed by atoms with Gasteiger partial charge in [-0.2, -0.15) is 0 Å². The molecule has 1 aromatic carbocycles. The van der Waals surface area contributed by atoms with Crippen LogP contribution in [-0.4, -0.2) is 19.7 Å². The Bertz CT molecular complexity index is 362. The van der Waals surface area contributed by atoms with Crippen LogP contribution >= 0.6 is 0 Å². The predicted octanol–water partition coefficient (Wildman–Crippen LogP) is 3.65. The predicted molar refractivity (Wildman–Crippen MR) is 78.2 cm³/mol. The second-order valence-electron chi connectivity index (χ2n) is 5.69. The SMILES string of the molecule is CCC(C)(CNC(C)C)Cc1ccccc1OC. The Hall–Kier alpha value is -1.02. The molecular weight excluding hydrogens is 222 g/mol. The highest BCUT2D eigenvalue weighted by molar-refractivity contribution is 5.34. The summed E-state index contributed by atoms with van der Waals surface area (Å²) < 4.78 is 5.44. The van der Waals surface area contributed by atoms with E-state index in [1.54, 1.807) is 7.11 Å². The molecule has 0 spiro atoms. The van der Waals surface area contributed by atoms with Crippen LogP contribution in [-0.2, 0) is 6.42 Å². The van der Waals surface area contributed by atoms with Crippen LogP contribution in [0, 0.1) is 5.41 Å². The molecule has 0 heterocycles. The van der Waals surface area contributed by atoms with Crippen molar-refractivity contribution in [1.82, 2.24) is 5.32 Å². The highest BCUT2D eigenvalue weighted by Gasteiger charge is 2.24. The van der Waals surface area contributed by atoms with Crippen molar-refractivity contribution in [2.45, 2.75) is 46.6 Å². The lowest BCUT2D eigenvalue weighted by atomic mass is 9.80. The number of benzene rings is 1. The summed E-state index contributed by atoms with van der Waals surface area (Å²) in [7, 11) is 1.74. The minimum atomic E-state index is 0.277. The molecule has 0 saturated carbocycles. The average Bonchev–Trinajstić information content (AvgIpc) is 2.37. The van der Waals surface area contributed by atoms with Crippen LogP contribution in [0.3, 0.4) is 0 Å². The Morgan fingerprint density at radius 3 is 2.50 bits per heavy atom. The first-order chi connectivity index (χ1) is 8.50. The molecule has 0 aliphatic carbocycles. The average molecular weight is 249 g/mol. The summed E-state index contributed by atoms with van der Waals surface area (Å²) in [4.78, 5) is 0. The number of methoxy groups -OCH3 is 1. The summed E-state index contributed by atoms with van der Waals surface area (Å²) in [5.74, 6) is 1.00. The first-order valence-corrected chi connectivity index (χ1v) is 6.86. The normalized spacial score (nSPS) is 14.6. The summed E-state index contributed by atoms with van der Waals surface area (Å²) in [6, 6.07) is 8.86. The van der Waals surface area contributed by atoms with Gasteiger partial charge in [0.2, 0.25) is 0 Å². The maximum Gasteiger partial charge on any atom is 0.122 e. The van der Waals surface area contributed by atoms with Gasteiger partial charge in [0, 0.05) is 12.6 Å². The van der Waals surface area contributed by atoms with E-state index in [0.29, 0.717) is 6.04 Å². The van der Waals surface area contributed by atoms with Crippen molar-refractivity contribution >= 4 is 0 Å². The number of rotatable bonds is 7. The molecule has 1 aromatic rings. The largest absolute Gasteiger partial charge is 0.496 e. The van der Waals surface area contributed by atoms with E-state index in [1.807, 2.05) is 12.1 Å². The van der Waals surface area contributed by atoms with Gasteiger partial charge in [-0.05, 0) is 29.9 Å². The van der Waals surface area contributed by atoms with Gasteiger partial charge in [0.25, 0.3) is 0 Å². The van der Waals surface area contributed by atoms with Crippen LogP contribution in [0.5, 0.6) is 5.75 Å². The first kappa shape index (κ1) is 15.0. The van der Waals surface area contributed by atoms with E-state index in [4.69, 9.17) is 4.74 Å². The molecule has 2 heteroatoms. The van der Waals surface area contributed by atoms with Crippen LogP contribution in [0.2, 0.25) is 0 Å². The van der Waals surface area contributed by atoms with Gasteiger partial charge in [-0.3, -0.25) is 0 Å². The molecule has 0 radical (unpaired) electrons. The van der Waals surface area contributed by atoms with Crippen molar-refractivity contribution in [3.63, 3.8) is 0 Å². The number of hydrogen-bond donors (Lipinski definition) is 1. The zero-order valence-corrected chi connectivity index (χ0v) is 12.4. The molecule has 2 nitrogen and oxygen atoms in total. The third-order valence-corrected chi connectivity index (χ3v) is 3.60. The van der Waals surface area contributed by atoms with Crippen molar-refractivity contribution in [2.75, 3.05) is 13.7 Å². The maximum absolute atomic E-state index is 5.44. The van der Waals surface area contributed by atoms with Gasteiger partial charge in [0.15, 0.2) is 0 Å². The fourth-order valence-corrected chi connectivity index (χ4v) is 2.07. The van der Waals surface area contributed by atoms with Crippen LogP contribution in [0.1, 0.15) is 39.7 Å². The van der Waals surface area contributed by atoms with Crippen molar-refractivity contribution < 1.29 is 4.74 Å². The second-order valence-corrected chi connectivity index (χ2v) is 5.69. The molecule has 1 rings (SSSR count). The van der Waals surface area contributed by atoms with Crippen molar-refractivity contribution in [2.24, 2.45) is 5.41 Å². The Balaban J connectivity index is 2.77. The van der Waals surface area contributed by atoms with Crippen LogP contribution < -0.4 is 10.1 Å². The third kappa shape index (κ3) is 4.34. The Labute approximate surface area is 112 Å². The van der Waals surface area contributed by atoms with Crippen LogP contribution in [0.4, 0.5) is 0 Å². The molecule has 0 bridgehead atoms. The van der Waals surface area contributed by atoms with Crippen LogP contribution in [0.25, 0.3) is 0 Å². The van der Waals surface area contributed by atoms with Gasteiger partial charge >= 0.3 is 0 Å². The van der Waals surface area contributed by atoms with Gasteiger partial charge in [-0.1, -0.05) is 45.9 Å². The topological polar surface area (TPSA) is 21.3 Å². The first-order valence-electron chi connectivity index (χ1n) is 6.86. The summed E-state index contributed by atoms with van der Waals surface area (Å²) in [6.45, 7) is 10.0.